The number of ether oxygens (including phenoxy) is 1. The maximum Gasteiger partial charge on any atom is 0.119 e. The van der Waals surface area contributed by atoms with Gasteiger partial charge in [-0.2, -0.15) is 0 Å². The first-order valence-electron chi connectivity index (χ1n) is 7.75. The third kappa shape index (κ3) is 5.50. The van der Waals surface area contributed by atoms with Crippen molar-refractivity contribution in [1.29, 1.82) is 0 Å². The Morgan fingerprint density at radius 3 is 2.20 bits per heavy atom. The van der Waals surface area contributed by atoms with Gasteiger partial charge in [-0.05, 0) is 69.5 Å². The van der Waals surface area contributed by atoms with Crippen LogP contribution in [0, 0.1) is 0 Å². The molecule has 0 amide bonds. The molecule has 0 spiro atoms. The Balaban J connectivity index is 1.53. The standard InChI is InChI=1S/C20H16Br2ClNO/c21-16-5-1-15(2-6-16)13-25-18-8-3-14(4-9-18)12-24-17-7-10-19(22)20(23)11-17/h1-11,24H,12-13H2. The summed E-state index contributed by atoms with van der Waals surface area (Å²) in [6.45, 7) is 1.28. The molecular weight excluding hydrogens is 465 g/mol. The highest BCUT2D eigenvalue weighted by Crippen LogP contribution is 2.26. The third-order valence-electron chi connectivity index (χ3n) is 3.66. The number of hydrogen-bond acceptors (Lipinski definition) is 2. The quantitative estimate of drug-likeness (QED) is 0.407. The summed E-state index contributed by atoms with van der Waals surface area (Å²) in [7, 11) is 0. The van der Waals surface area contributed by atoms with Crippen LogP contribution in [0.4, 0.5) is 5.69 Å². The van der Waals surface area contributed by atoms with Gasteiger partial charge in [0.05, 0.1) is 5.02 Å². The minimum atomic E-state index is 0.558. The highest BCUT2D eigenvalue weighted by molar-refractivity contribution is 9.10. The van der Waals surface area contributed by atoms with E-state index in [1.807, 2.05) is 54.6 Å². The van der Waals surface area contributed by atoms with Crippen LogP contribution in [0.5, 0.6) is 5.75 Å². The van der Waals surface area contributed by atoms with E-state index in [4.69, 9.17) is 16.3 Å². The van der Waals surface area contributed by atoms with Gasteiger partial charge in [-0.3, -0.25) is 0 Å². The maximum atomic E-state index is 6.10. The average molecular weight is 482 g/mol. The molecule has 0 radical (unpaired) electrons. The molecule has 5 heteroatoms. The van der Waals surface area contributed by atoms with E-state index in [1.54, 1.807) is 0 Å². The molecule has 0 aliphatic carbocycles. The molecule has 0 saturated heterocycles. The summed E-state index contributed by atoms with van der Waals surface area (Å²) < 4.78 is 7.79. The molecule has 0 aromatic heterocycles. The first-order chi connectivity index (χ1) is 12.1. The molecule has 0 aliphatic heterocycles. The van der Waals surface area contributed by atoms with Crippen molar-refractivity contribution in [3.05, 3.63) is 91.8 Å². The SMILES string of the molecule is Clc1cc(NCc2ccc(OCc3ccc(Br)cc3)cc2)ccc1Br. The van der Waals surface area contributed by atoms with Crippen molar-refractivity contribution in [2.75, 3.05) is 5.32 Å². The highest BCUT2D eigenvalue weighted by atomic mass is 79.9. The fourth-order valence-electron chi connectivity index (χ4n) is 2.26. The summed E-state index contributed by atoms with van der Waals surface area (Å²) in [6.07, 6.45) is 0. The van der Waals surface area contributed by atoms with E-state index < -0.39 is 0 Å². The zero-order valence-electron chi connectivity index (χ0n) is 13.3. The van der Waals surface area contributed by atoms with Crippen molar-refractivity contribution in [1.82, 2.24) is 0 Å². The Kier molecular flexibility index (Phi) is 6.40. The third-order valence-corrected chi connectivity index (χ3v) is 5.42. The number of anilines is 1. The van der Waals surface area contributed by atoms with Gasteiger partial charge in [0.1, 0.15) is 12.4 Å². The van der Waals surface area contributed by atoms with Gasteiger partial charge >= 0.3 is 0 Å². The van der Waals surface area contributed by atoms with E-state index in [9.17, 15) is 0 Å². The monoisotopic (exact) mass is 479 g/mol. The summed E-state index contributed by atoms with van der Waals surface area (Å²) in [5.74, 6) is 0.860. The molecule has 0 bridgehead atoms. The van der Waals surface area contributed by atoms with E-state index >= 15 is 0 Å². The molecule has 128 valence electrons. The smallest absolute Gasteiger partial charge is 0.119 e. The van der Waals surface area contributed by atoms with Gasteiger partial charge < -0.3 is 10.1 Å². The second-order valence-electron chi connectivity index (χ2n) is 5.54. The Morgan fingerprint density at radius 2 is 1.52 bits per heavy atom. The van der Waals surface area contributed by atoms with Crippen LogP contribution in [0.1, 0.15) is 11.1 Å². The predicted octanol–water partition coefficient (Wildman–Crippen LogP) is 7.06. The normalized spacial score (nSPS) is 10.5. The fourth-order valence-corrected chi connectivity index (χ4v) is 2.95. The van der Waals surface area contributed by atoms with Crippen molar-refractivity contribution in [3.8, 4) is 5.75 Å². The highest BCUT2D eigenvalue weighted by Gasteiger charge is 2.01. The average Bonchev–Trinajstić information content (AvgIpc) is 2.63. The molecule has 0 atom stereocenters. The van der Waals surface area contributed by atoms with Gasteiger partial charge in [-0.25, -0.2) is 0 Å². The van der Waals surface area contributed by atoms with Gasteiger partial charge in [0.15, 0.2) is 0 Å². The molecule has 2 nitrogen and oxygen atoms in total. The molecule has 1 N–H and O–H groups in total. The summed E-state index contributed by atoms with van der Waals surface area (Å²) >= 11 is 12.9. The van der Waals surface area contributed by atoms with Crippen molar-refractivity contribution < 1.29 is 4.74 Å². The zero-order valence-corrected chi connectivity index (χ0v) is 17.2. The lowest BCUT2D eigenvalue weighted by Gasteiger charge is -2.10. The number of nitrogens with one attached hydrogen (secondary N) is 1. The van der Waals surface area contributed by atoms with Crippen LogP contribution < -0.4 is 10.1 Å². The molecule has 3 aromatic carbocycles. The first-order valence-corrected chi connectivity index (χ1v) is 9.72. The van der Waals surface area contributed by atoms with Crippen LogP contribution in [0.2, 0.25) is 5.02 Å². The van der Waals surface area contributed by atoms with Crippen molar-refractivity contribution in [3.63, 3.8) is 0 Å². The van der Waals surface area contributed by atoms with Crippen LogP contribution in [0.3, 0.4) is 0 Å². The summed E-state index contributed by atoms with van der Waals surface area (Å²) in [4.78, 5) is 0. The van der Waals surface area contributed by atoms with Crippen LogP contribution in [-0.2, 0) is 13.2 Å². The van der Waals surface area contributed by atoms with Gasteiger partial charge in [-0.1, -0.05) is 51.8 Å². The number of benzene rings is 3. The lowest BCUT2D eigenvalue weighted by molar-refractivity contribution is 0.306. The van der Waals surface area contributed by atoms with E-state index in [0.717, 1.165) is 32.5 Å². The molecule has 0 fully saturated rings. The molecule has 3 aromatic rings. The molecule has 0 unspecified atom stereocenters. The van der Waals surface area contributed by atoms with E-state index in [2.05, 4.69) is 49.3 Å². The van der Waals surface area contributed by atoms with Gasteiger partial charge in [0.2, 0.25) is 0 Å². The predicted molar refractivity (Wildman–Crippen MR) is 111 cm³/mol. The molecule has 0 saturated carbocycles. The first kappa shape index (κ1) is 18.3. The van der Waals surface area contributed by atoms with Gasteiger partial charge in [0, 0.05) is 21.2 Å². The Morgan fingerprint density at radius 1 is 0.840 bits per heavy atom. The topological polar surface area (TPSA) is 21.3 Å². The van der Waals surface area contributed by atoms with Crippen LogP contribution in [0.15, 0.2) is 75.7 Å². The molecule has 0 heterocycles. The summed E-state index contributed by atoms with van der Waals surface area (Å²) in [5.41, 5.74) is 3.31. The molecule has 0 aliphatic rings. The Bertz CT molecular complexity index is 835. The second-order valence-corrected chi connectivity index (χ2v) is 7.72. The summed E-state index contributed by atoms with van der Waals surface area (Å²) in [6, 6.07) is 22.1. The number of rotatable bonds is 6. The van der Waals surface area contributed by atoms with Crippen LogP contribution in [0.25, 0.3) is 0 Å². The van der Waals surface area contributed by atoms with Crippen molar-refractivity contribution in [2.24, 2.45) is 0 Å². The van der Waals surface area contributed by atoms with Crippen molar-refractivity contribution >= 4 is 49.1 Å². The fraction of sp³-hybridized carbons (Fsp3) is 0.100. The molecule has 25 heavy (non-hydrogen) atoms. The Labute approximate surface area is 169 Å². The second kappa shape index (κ2) is 8.75. The number of halogens is 3. The maximum absolute atomic E-state index is 6.10. The van der Waals surface area contributed by atoms with Crippen LogP contribution in [-0.4, -0.2) is 0 Å². The zero-order chi connectivity index (χ0) is 17.6. The summed E-state index contributed by atoms with van der Waals surface area (Å²) in [5, 5.41) is 4.06. The van der Waals surface area contributed by atoms with Crippen molar-refractivity contribution in [2.45, 2.75) is 13.2 Å². The largest absolute Gasteiger partial charge is 0.489 e. The molecule has 3 rings (SSSR count). The Hall–Kier alpha value is -1.49. The minimum absolute atomic E-state index is 0.558. The van der Waals surface area contributed by atoms with Crippen LogP contribution >= 0.6 is 43.5 Å². The van der Waals surface area contributed by atoms with E-state index in [0.29, 0.717) is 11.6 Å². The van der Waals surface area contributed by atoms with E-state index in [1.165, 1.54) is 5.56 Å². The minimum Gasteiger partial charge on any atom is -0.489 e. The van der Waals surface area contributed by atoms with Gasteiger partial charge in [-0.15, -0.1) is 0 Å². The lowest BCUT2D eigenvalue weighted by Crippen LogP contribution is -2.00. The number of hydrogen-bond donors (Lipinski definition) is 1. The van der Waals surface area contributed by atoms with E-state index in [-0.39, 0.29) is 0 Å². The molecular formula is C20H16Br2ClNO. The lowest BCUT2D eigenvalue weighted by atomic mass is 10.2. The van der Waals surface area contributed by atoms with Gasteiger partial charge in [0.25, 0.3) is 0 Å².